The molecule has 5 heteroatoms. The van der Waals surface area contributed by atoms with Crippen LogP contribution in [-0.4, -0.2) is 36.7 Å². The van der Waals surface area contributed by atoms with E-state index in [9.17, 15) is 0 Å². The molecule has 1 aliphatic rings. The normalized spacial score (nSPS) is 21.9. The zero-order chi connectivity index (χ0) is 13.8. The number of halogens is 1. The van der Waals surface area contributed by atoms with Gasteiger partial charge >= 0.3 is 0 Å². The van der Waals surface area contributed by atoms with E-state index in [0.29, 0.717) is 17.2 Å². The number of rotatable bonds is 3. The van der Waals surface area contributed by atoms with Gasteiger partial charge in [0.2, 0.25) is 0 Å². The first-order valence-corrected chi connectivity index (χ1v) is 6.76. The zero-order valence-corrected chi connectivity index (χ0v) is 11.7. The molecular formula is C14H18ClN3O. The summed E-state index contributed by atoms with van der Waals surface area (Å²) in [6.07, 6.45) is 0.0749. The Morgan fingerprint density at radius 1 is 1.63 bits per heavy atom. The Hall–Kier alpha value is -1.12. The first kappa shape index (κ1) is 14.3. The van der Waals surface area contributed by atoms with Crippen molar-refractivity contribution in [1.29, 1.82) is 5.26 Å². The molecule has 0 bridgehead atoms. The van der Waals surface area contributed by atoms with Crippen LogP contribution in [0.5, 0.6) is 0 Å². The first-order valence-electron chi connectivity index (χ1n) is 6.38. The summed E-state index contributed by atoms with van der Waals surface area (Å²) in [6.45, 7) is 5.10. The van der Waals surface area contributed by atoms with Gasteiger partial charge in [-0.15, -0.1) is 0 Å². The van der Waals surface area contributed by atoms with Crippen molar-refractivity contribution in [3.05, 3.63) is 34.3 Å². The number of morpholine rings is 1. The molecule has 19 heavy (non-hydrogen) atoms. The predicted molar refractivity (Wildman–Crippen MR) is 74.8 cm³/mol. The van der Waals surface area contributed by atoms with Gasteiger partial charge in [0.15, 0.2) is 0 Å². The molecule has 2 rings (SSSR count). The first-order chi connectivity index (χ1) is 9.10. The van der Waals surface area contributed by atoms with Crippen molar-refractivity contribution in [3.8, 4) is 6.07 Å². The number of nitrogens with two attached hydrogens (primary N) is 1. The number of hydrogen-bond acceptors (Lipinski definition) is 4. The highest BCUT2D eigenvalue weighted by atomic mass is 35.5. The quantitative estimate of drug-likeness (QED) is 0.916. The zero-order valence-electron chi connectivity index (χ0n) is 11.0. The Bertz CT molecular complexity index is 484. The van der Waals surface area contributed by atoms with Gasteiger partial charge in [0.1, 0.15) is 0 Å². The molecule has 1 saturated heterocycles. The number of nitrogens with zero attached hydrogens (tertiary/aromatic N) is 2. The van der Waals surface area contributed by atoms with Crippen LogP contribution in [0.4, 0.5) is 0 Å². The van der Waals surface area contributed by atoms with Gasteiger partial charge < -0.3 is 10.5 Å². The maximum absolute atomic E-state index is 8.82. The highest BCUT2D eigenvalue weighted by Gasteiger charge is 2.23. The minimum absolute atomic E-state index is 0.0271. The monoisotopic (exact) mass is 279 g/mol. The van der Waals surface area contributed by atoms with Gasteiger partial charge in [0.25, 0.3) is 0 Å². The summed E-state index contributed by atoms with van der Waals surface area (Å²) in [4.78, 5) is 2.28. The summed E-state index contributed by atoms with van der Waals surface area (Å²) < 4.78 is 5.63. The fourth-order valence-electron chi connectivity index (χ4n) is 2.18. The van der Waals surface area contributed by atoms with Gasteiger partial charge in [0.05, 0.1) is 24.3 Å². The van der Waals surface area contributed by atoms with Crippen molar-refractivity contribution in [2.75, 3.05) is 19.7 Å². The highest BCUT2D eigenvalue weighted by molar-refractivity contribution is 6.31. The fourth-order valence-corrected chi connectivity index (χ4v) is 2.42. The average Bonchev–Trinajstić information content (AvgIpc) is 2.41. The summed E-state index contributed by atoms with van der Waals surface area (Å²) in [7, 11) is 0. The van der Waals surface area contributed by atoms with Gasteiger partial charge in [-0.2, -0.15) is 5.26 Å². The van der Waals surface area contributed by atoms with Crippen molar-refractivity contribution in [1.82, 2.24) is 4.90 Å². The number of nitriles is 1. The summed E-state index contributed by atoms with van der Waals surface area (Å²) in [5.74, 6) is 0. The van der Waals surface area contributed by atoms with Crippen molar-refractivity contribution >= 4 is 11.6 Å². The number of hydrogen-bond donors (Lipinski definition) is 1. The van der Waals surface area contributed by atoms with Gasteiger partial charge in [-0.25, -0.2) is 0 Å². The van der Waals surface area contributed by atoms with E-state index in [2.05, 4.69) is 11.0 Å². The van der Waals surface area contributed by atoms with E-state index < -0.39 is 0 Å². The molecule has 1 heterocycles. The summed E-state index contributed by atoms with van der Waals surface area (Å²) in [6, 6.07) is 7.53. The molecule has 102 valence electrons. The van der Waals surface area contributed by atoms with Gasteiger partial charge in [-0.3, -0.25) is 4.90 Å². The van der Waals surface area contributed by atoms with Crippen molar-refractivity contribution in [2.45, 2.75) is 25.6 Å². The molecule has 0 radical (unpaired) electrons. The van der Waals surface area contributed by atoms with E-state index >= 15 is 0 Å². The second kappa shape index (κ2) is 6.36. The standard InChI is InChI=1S/C14H18ClN3O/c1-10(17)14-9-18(4-5-19-14)8-12-3-2-11(7-16)6-13(12)15/h2-3,6,10,14H,4-5,8-9,17H2,1H3. The predicted octanol–water partition coefficient (Wildman–Crippen LogP) is 1.76. The smallest absolute Gasteiger partial charge is 0.0992 e. The lowest BCUT2D eigenvalue weighted by molar-refractivity contribution is -0.0403. The second-order valence-corrected chi connectivity index (χ2v) is 5.33. The minimum atomic E-state index is 0.0271. The van der Waals surface area contributed by atoms with Crippen molar-refractivity contribution in [2.24, 2.45) is 5.73 Å². The fraction of sp³-hybridized carbons (Fsp3) is 0.500. The van der Waals surface area contributed by atoms with Gasteiger partial charge in [0, 0.05) is 30.7 Å². The third kappa shape index (κ3) is 3.68. The third-order valence-corrected chi connectivity index (χ3v) is 3.69. The maximum atomic E-state index is 8.82. The highest BCUT2D eigenvalue weighted by Crippen LogP contribution is 2.20. The molecule has 1 fully saturated rings. The Balaban J connectivity index is 2.03. The van der Waals surface area contributed by atoms with E-state index in [1.807, 2.05) is 13.0 Å². The molecule has 1 aliphatic heterocycles. The molecule has 1 aromatic carbocycles. The van der Waals surface area contributed by atoms with Crippen LogP contribution in [0.2, 0.25) is 5.02 Å². The molecular weight excluding hydrogens is 262 g/mol. The van der Waals surface area contributed by atoms with E-state index in [1.165, 1.54) is 0 Å². The molecule has 1 aromatic rings. The van der Waals surface area contributed by atoms with Gasteiger partial charge in [-0.1, -0.05) is 17.7 Å². The Kier molecular flexibility index (Phi) is 4.78. The van der Waals surface area contributed by atoms with Crippen LogP contribution >= 0.6 is 11.6 Å². The number of ether oxygens (including phenoxy) is 1. The molecule has 0 aliphatic carbocycles. The molecule has 2 unspecified atom stereocenters. The van der Waals surface area contributed by atoms with Crippen LogP contribution in [0.3, 0.4) is 0 Å². The SMILES string of the molecule is CC(N)C1CN(Cc2ccc(C#N)cc2Cl)CCO1. The number of benzene rings is 1. The van der Waals surface area contributed by atoms with Crippen LogP contribution in [0, 0.1) is 11.3 Å². The largest absolute Gasteiger partial charge is 0.374 e. The van der Waals surface area contributed by atoms with Crippen LogP contribution < -0.4 is 5.73 Å². The average molecular weight is 280 g/mol. The van der Waals surface area contributed by atoms with Crippen LogP contribution in [0.25, 0.3) is 0 Å². The Morgan fingerprint density at radius 2 is 2.42 bits per heavy atom. The van der Waals surface area contributed by atoms with E-state index in [4.69, 9.17) is 27.3 Å². The van der Waals surface area contributed by atoms with Gasteiger partial charge in [-0.05, 0) is 24.6 Å². The van der Waals surface area contributed by atoms with Crippen LogP contribution in [0.1, 0.15) is 18.1 Å². The topological polar surface area (TPSA) is 62.3 Å². The third-order valence-electron chi connectivity index (χ3n) is 3.34. The Labute approximate surface area is 118 Å². The molecule has 4 nitrogen and oxygen atoms in total. The molecule has 0 amide bonds. The molecule has 2 atom stereocenters. The lowest BCUT2D eigenvalue weighted by Gasteiger charge is -2.34. The summed E-state index contributed by atoms with van der Waals surface area (Å²) >= 11 is 6.19. The molecule has 0 aromatic heterocycles. The maximum Gasteiger partial charge on any atom is 0.0992 e. The van der Waals surface area contributed by atoms with E-state index in [-0.39, 0.29) is 12.1 Å². The Morgan fingerprint density at radius 3 is 3.05 bits per heavy atom. The summed E-state index contributed by atoms with van der Waals surface area (Å²) in [5.41, 5.74) is 7.50. The van der Waals surface area contributed by atoms with Crippen molar-refractivity contribution in [3.63, 3.8) is 0 Å². The molecule has 2 N–H and O–H groups in total. The lowest BCUT2D eigenvalue weighted by atomic mass is 10.1. The van der Waals surface area contributed by atoms with Crippen LogP contribution in [0.15, 0.2) is 18.2 Å². The van der Waals surface area contributed by atoms with E-state index in [1.54, 1.807) is 12.1 Å². The van der Waals surface area contributed by atoms with E-state index in [0.717, 1.165) is 25.2 Å². The minimum Gasteiger partial charge on any atom is -0.374 e. The van der Waals surface area contributed by atoms with Crippen molar-refractivity contribution < 1.29 is 4.74 Å². The molecule has 0 spiro atoms. The lowest BCUT2D eigenvalue weighted by Crippen LogP contribution is -2.49. The summed E-state index contributed by atoms with van der Waals surface area (Å²) in [5, 5.41) is 9.46. The molecule has 0 saturated carbocycles. The van der Waals surface area contributed by atoms with Crippen LogP contribution in [-0.2, 0) is 11.3 Å². The second-order valence-electron chi connectivity index (χ2n) is 4.92.